The molecule has 0 radical (unpaired) electrons. The summed E-state index contributed by atoms with van der Waals surface area (Å²) in [5.41, 5.74) is 3.47. The minimum absolute atomic E-state index is 0.162. The van der Waals surface area contributed by atoms with Crippen molar-refractivity contribution < 1.29 is 22.7 Å². The van der Waals surface area contributed by atoms with E-state index in [1.807, 2.05) is 59.8 Å². The zero-order chi connectivity index (χ0) is 26.0. The van der Waals surface area contributed by atoms with Crippen LogP contribution in [-0.4, -0.2) is 30.3 Å². The molecular formula is C28H29FINO4S. The van der Waals surface area contributed by atoms with E-state index in [2.05, 4.69) is 6.92 Å². The molecule has 5 nitrogen and oxygen atoms in total. The Labute approximate surface area is 225 Å². The van der Waals surface area contributed by atoms with Crippen molar-refractivity contribution in [1.82, 2.24) is 4.31 Å². The van der Waals surface area contributed by atoms with E-state index in [0.29, 0.717) is 22.6 Å². The van der Waals surface area contributed by atoms with Crippen LogP contribution < -0.4 is 0 Å². The third-order valence-corrected chi connectivity index (χ3v) is 9.43. The van der Waals surface area contributed by atoms with Gasteiger partial charge >= 0.3 is 5.97 Å². The van der Waals surface area contributed by atoms with E-state index < -0.39 is 27.7 Å². The second-order valence-corrected chi connectivity index (χ2v) is 12.7. The predicted molar refractivity (Wildman–Crippen MR) is 146 cm³/mol. The van der Waals surface area contributed by atoms with Crippen LogP contribution >= 0.6 is 22.6 Å². The largest absolute Gasteiger partial charge is 0.481 e. The highest BCUT2D eigenvalue weighted by Crippen LogP contribution is 2.34. The number of nitrogens with zero attached hydrogens (tertiary/aromatic N) is 1. The van der Waals surface area contributed by atoms with Gasteiger partial charge in [-0.15, -0.1) is 0 Å². The van der Waals surface area contributed by atoms with Crippen molar-refractivity contribution in [3.63, 3.8) is 0 Å². The third-order valence-electron chi connectivity index (χ3n) is 6.85. The number of hydrogen-bond donors (Lipinski definition) is 1. The monoisotopic (exact) mass is 621 g/mol. The topological polar surface area (TPSA) is 74.7 Å². The first kappa shape index (κ1) is 26.8. The fraction of sp³-hybridized carbons (Fsp3) is 0.321. The Kier molecular flexibility index (Phi) is 8.16. The predicted octanol–water partition coefficient (Wildman–Crippen LogP) is 6.12. The first-order valence-electron chi connectivity index (χ1n) is 11.9. The van der Waals surface area contributed by atoms with Gasteiger partial charge in [0.1, 0.15) is 5.82 Å². The van der Waals surface area contributed by atoms with Gasteiger partial charge in [0.05, 0.1) is 11.3 Å². The van der Waals surface area contributed by atoms with E-state index >= 15 is 0 Å². The van der Waals surface area contributed by atoms with Crippen LogP contribution in [-0.2, 0) is 27.8 Å². The summed E-state index contributed by atoms with van der Waals surface area (Å²) >= 11 is 2.02. The fourth-order valence-electron chi connectivity index (χ4n) is 4.82. The maximum atomic E-state index is 14.9. The van der Waals surface area contributed by atoms with E-state index in [-0.39, 0.29) is 18.9 Å². The van der Waals surface area contributed by atoms with E-state index in [0.717, 1.165) is 33.1 Å². The zero-order valence-electron chi connectivity index (χ0n) is 20.2. The Morgan fingerprint density at radius 2 is 1.92 bits per heavy atom. The number of halogens is 2. The van der Waals surface area contributed by atoms with Gasteiger partial charge in [0.2, 0.25) is 10.0 Å². The van der Waals surface area contributed by atoms with Crippen LogP contribution in [0, 0.1) is 22.2 Å². The lowest BCUT2D eigenvalue weighted by Gasteiger charge is -2.30. The van der Waals surface area contributed by atoms with E-state index in [4.69, 9.17) is 0 Å². The average Bonchev–Trinajstić information content (AvgIpc) is 2.82. The van der Waals surface area contributed by atoms with E-state index in [1.54, 1.807) is 24.3 Å². The molecule has 1 aliphatic heterocycles. The van der Waals surface area contributed by atoms with Crippen molar-refractivity contribution in [2.24, 2.45) is 5.92 Å². The van der Waals surface area contributed by atoms with E-state index in [1.165, 1.54) is 10.4 Å². The quantitative estimate of drug-likeness (QED) is 0.337. The molecule has 0 aromatic heterocycles. The van der Waals surface area contributed by atoms with Gasteiger partial charge in [-0.3, -0.25) is 4.79 Å². The van der Waals surface area contributed by atoms with Crippen molar-refractivity contribution >= 4 is 38.6 Å². The van der Waals surface area contributed by atoms with Crippen molar-refractivity contribution in [3.8, 4) is 0 Å². The zero-order valence-corrected chi connectivity index (χ0v) is 23.2. The molecule has 4 rings (SSSR count). The Hall–Kier alpha value is -2.30. The summed E-state index contributed by atoms with van der Waals surface area (Å²) in [6, 6.07) is 17.4. The maximum absolute atomic E-state index is 14.9. The van der Waals surface area contributed by atoms with Crippen molar-refractivity contribution in [2.75, 3.05) is 6.54 Å². The van der Waals surface area contributed by atoms with Gasteiger partial charge in [0, 0.05) is 22.6 Å². The van der Waals surface area contributed by atoms with Crippen LogP contribution in [0.2, 0.25) is 0 Å². The summed E-state index contributed by atoms with van der Waals surface area (Å²) in [6.07, 6.45) is 1.33. The van der Waals surface area contributed by atoms with Crippen molar-refractivity contribution in [2.45, 2.75) is 50.5 Å². The molecule has 0 amide bonds. The highest BCUT2D eigenvalue weighted by atomic mass is 127. The van der Waals surface area contributed by atoms with Gasteiger partial charge in [-0.2, -0.15) is 4.31 Å². The minimum Gasteiger partial charge on any atom is -0.481 e. The molecule has 0 bridgehead atoms. The normalized spacial score (nSPS) is 18.6. The molecule has 0 saturated carbocycles. The summed E-state index contributed by atoms with van der Waals surface area (Å²) in [7, 11) is -3.73. The molecule has 190 valence electrons. The number of rotatable bonds is 6. The number of hydrogen-bond acceptors (Lipinski definition) is 3. The molecule has 8 heteroatoms. The molecule has 0 spiro atoms. The van der Waals surface area contributed by atoms with Crippen LogP contribution in [0.4, 0.5) is 4.39 Å². The molecule has 0 saturated heterocycles. The summed E-state index contributed by atoms with van der Waals surface area (Å²) in [5, 5.41) is 9.57. The molecule has 3 aromatic rings. The molecule has 3 aromatic carbocycles. The second-order valence-electron chi connectivity index (χ2n) is 9.55. The lowest BCUT2D eigenvalue weighted by Crippen LogP contribution is -2.36. The summed E-state index contributed by atoms with van der Waals surface area (Å²) in [6.45, 7) is 4.52. The number of aryl methyl sites for hydroxylation is 2. The Balaban J connectivity index is 1.75. The summed E-state index contributed by atoms with van der Waals surface area (Å²) in [5.74, 6) is -2.00. The number of carbonyl (C=O) groups is 1. The van der Waals surface area contributed by atoms with Gasteiger partial charge in [-0.25, -0.2) is 12.8 Å². The van der Waals surface area contributed by atoms with Crippen LogP contribution in [0.3, 0.4) is 0 Å². The summed E-state index contributed by atoms with van der Waals surface area (Å²) < 4.78 is 44.5. The number of sulfonamides is 1. The van der Waals surface area contributed by atoms with Crippen LogP contribution in [0.25, 0.3) is 0 Å². The first-order valence-corrected chi connectivity index (χ1v) is 14.4. The van der Waals surface area contributed by atoms with Gasteiger partial charge in [0.15, 0.2) is 0 Å². The molecule has 1 unspecified atom stereocenters. The lowest BCUT2D eigenvalue weighted by molar-refractivity contribution is -0.137. The van der Waals surface area contributed by atoms with Gasteiger partial charge < -0.3 is 5.11 Å². The van der Waals surface area contributed by atoms with Crippen molar-refractivity contribution in [3.05, 3.63) is 97.9 Å². The molecule has 1 heterocycles. The highest BCUT2D eigenvalue weighted by Gasteiger charge is 2.31. The second kappa shape index (κ2) is 11.0. The number of fused-ring (bicyclic) bond motifs is 1. The minimum atomic E-state index is -3.73. The summed E-state index contributed by atoms with van der Waals surface area (Å²) in [4.78, 5) is 12.0. The molecule has 2 atom stereocenters. The molecule has 0 fully saturated rings. The lowest BCUT2D eigenvalue weighted by atomic mass is 9.86. The fourth-order valence-corrected chi connectivity index (χ4v) is 7.07. The standard InChI is InChI=1S/C28H29FINO4S/c1-18-7-9-20-5-3-4-6-27(20)36(34,35)31(16-18)17-22-13-21(10-8-19(22)2)25(15-28(32)33)24-12-11-23(30)14-26(24)29/h3-6,8,10-14,18,25H,7,9,15-17H2,1-2H3,(H,32,33)/t18-,25?/m0/s1. The van der Waals surface area contributed by atoms with Gasteiger partial charge in [-0.1, -0.05) is 49.4 Å². The molecule has 1 N–H and O–H groups in total. The smallest absolute Gasteiger partial charge is 0.304 e. The van der Waals surface area contributed by atoms with Crippen LogP contribution in [0.1, 0.15) is 53.5 Å². The number of aliphatic carboxylic acids is 1. The Morgan fingerprint density at radius 3 is 2.64 bits per heavy atom. The Bertz CT molecular complexity index is 1390. The molecule has 36 heavy (non-hydrogen) atoms. The Morgan fingerprint density at radius 1 is 1.17 bits per heavy atom. The SMILES string of the molecule is Cc1ccc(C(CC(=O)O)c2ccc(I)cc2F)cc1CN1C[C@@H](C)CCc2ccccc2S1(=O)=O. The van der Waals surface area contributed by atoms with E-state index in [9.17, 15) is 22.7 Å². The van der Waals surface area contributed by atoms with Gasteiger partial charge in [-0.05, 0) is 94.3 Å². The molecular weight excluding hydrogens is 592 g/mol. The molecule has 0 aliphatic carbocycles. The molecule has 1 aliphatic rings. The third kappa shape index (κ3) is 5.81. The highest BCUT2D eigenvalue weighted by molar-refractivity contribution is 14.1. The van der Waals surface area contributed by atoms with Gasteiger partial charge in [0.25, 0.3) is 0 Å². The number of carboxylic acids is 1. The van der Waals surface area contributed by atoms with Crippen LogP contribution in [0.5, 0.6) is 0 Å². The van der Waals surface area contributed by atoms with Crippen molar-refractivity contribution in [1.29, 1.82) is 0 Å². The van der Waals surface area contributed by atoms with Crippen LogP contribution in [0.15, 0.2) is 65.6 Å². The number of carboxylic acid groups (broad SMARTS) is 1. The maximum Gasteiger partial charge on any atom is 0.304 e. The average molecular weight is 622 g/mol. The number of benzene rings is 3. The first-order chi connectivity index (χ1) is 17.1.